The molecule has 2 N–H and O–H groups in total. The molecule has 1 aromatic carbocycles. The SMILES string of the molecule is CCc1c(Cl)cc(C(C)CN)cc1OC. The molecule has 3 heteroatoms. The van der Waals surface area contributed by atoms with E-state index in [1.807, 2.05) is 12.1 Å². The lowest BCUT2D eigenvalue weighted by Gasteiger charge is -2.15. The average Bonchev–Trinajstić information content (AvgIpc) is 2.26. The summed E-state index contributed by atoms with van der Waals surface area (Å²) in [6.07, 6.45) is 0.874. The van der Waals surface area contributed by atoms with Crippen molar-refractivity contribution in [2.75, 3.05) is 13.7 Å². The first-order chi connectivity index (χ1) is 7.13. The Balaban J connectivity index is 3.19. The van der Waals surface area contributed by atoms with Gasteiger partial charge in [-0.25, -0.2) is 0 Å². The third-order valence-corrected chi connectivity index (χ3v) is 3.01. The van der Waals surface area contributed by atoms with Gasteiger partial charge in [0, 0.05) is 10.6 Å². The van der Waals surface area contributed by atoms with Crippen LogP contribution >= 0.6 is 11.6 Å². The number of nitrogens with two attached hydrogens (primary N) is 1. The van der Waals surface area contributed by atoms with E-state index in [1.165, 1.54) is 0 Å². The summed E-state index contributed by atoms with van der Waals surface area (Å²) >= 11 is 6.19. The maximum atomic E-state index is 6.19. The fourth-order valence-corrected chi connectivity index (χ4v) is 1.93. The van der Waals surface area contributed by atoms with Crippen molar-refractivity contribution in [2.45, 2.75) is 26.2 Å². The molecule has 1 atom stereocenters. The number of hydrogen-bond donors (Lipinski definition) is 1. The maximum absolute atomic E-state index is 6.19. The van der Waals surface area contributed by atoms with Gasteiger partial charge in [0.1, 0.15) is 5.75 Å². The Kier molecular flexibility index (Phi) is 4.43. The summed E-state index contributed by atoms with van der Waals surface area (Å²) in [6.45, 7) is 4.76. The predicted molar refractivity (Wildman–Crippen MR) is 64.9 cm³/mol. The highest BCUT2D eigenvalue weighted by Crippen LogP contribution is 2.31. The van der Waals surface area contributed by atoms with Gasteiger partial charge in [0.05, 0.1) is 7.11 Å². The maximum Gasteiger partial charge on any atom is 0.123 e. The Bertz CT molecular complexity index is 339. The van der Waals surface area contributed by atoms with Gasteiger partial charge in [0.15, 0.2) is 0 Å². The third kappa shape index (κ3) is 2.64. The number of ether oxygens (including phenoxy) is 1. The van der Waals surface area contributed by atoms with Crippen molar-refractivity contribution in [1.29, 1.82) is 0 Å². The van der Waals surface area contributed by atoms with E-state index in [0.717, 1.165) is 28.3 Å². The molecule has 84 valence electrons. The highest BCUT2D eigenvalue weighted by Gasteiger charge is 2.11. The van der Waals surface area contributed by atoms with Crippen LogP contribution in [0.15, 0.2) is 12.1 Å². The van der Waals surface area contributed by atoms with Crippen LogP contribution in [0.1, 0.15) is 30.9 Å². The number of methoxy groups -OCH3 is 1. The highest BCUT2D eigenvalue weighted by atomic mass is 35.5. The smallest absolute Gasteiger partial charge is 0.123 e. The molecule has 0 saturated carbocycles. The topological polar surface area (TPSA) is 35.2 Å². The fraction of sp³-hybridized carbons (Fsp3) is 0.500. The van der Waals surface area contributed by atoms with Crippen LogP contribution in [-0.4, -0.2) is 13.7 Å². The van der Waals surface area contributed by atoms with Gasteiger partial charge in [-0.15, -0.1) is 0 Å². The first kappa shape index (κ1) is 12.3. The molecule has 0 radical (unpaired) electrons. The number of hydrogen-bond acceptors (Lipinski definition) is 2. The van der Waals surface area contributed by atoms with Gasteiger partial charge >= 0.3 is 0 Å². The van der Waals surface area contributed by atoms with Crippen molar-refractivity contribution in [3.8, 4) is 5.75 Å². The molecule has 0 aromatic heterocycles. The molecule has 2 nitrogen and oxygen atoms in total. The number of rotatable bonds is 4. The second-order valence-corrected chi connectivity index (χ2v) is 4.08. The summed E-state index contributed by atoms with van der Waals surface area (Å²) < 4.78 is 5.33. The predicted octanol–water partition coefficient (Wildman–Crippen LogP) is 2.97. The molecule has 0 aliphatic rings. The molecule has 0 aliphatic carbocycles. The van der Waals surface area contributed by atoms with Crippen LogP contribution in [0.2, 0.25) is 5.02 Å². The van der Waals surface area contributed by atoms with Gasteiger partial charge in [-0.05, 0) is 36.6 Å². The zero-order valence-corrected chi connectivity index (χ0v) is 10.3. The minimum atomic E-state index is 0.308. The number of halogens is 1. The monoisotopic (exact) mass is 227 g/mol. The van der Waals surface area contributed by atoms with E-state index in [1.54, 1.807) is 7.11 Å². The van der Waals surface area contributed by atoms with Crippen LogP contribution in [0.25, 0.3) is 0 Å². The summed E-state index contributed by atoms with van der Waals surface area (Å²) in [6, 6.07) is 4.02. The zero-order valence-electron chi connectivity index (χ0n) is 9.51. The molecule has 1 aromatic rings. The van der Waals surface area contributed by atoms with E-state index in [-0.39, 0.29) is 0 Å². The summed E-state index contributed by atoms with van der Waals surface area (Å²) in [5.41, 5.74) is 7.83. The van der Waals surface area contributed by atoms with E-state index in [2.05, 4.69) is 13.8 Å². The Hall–Kier alpha value is -0.730. The summed E-state index contributed by atoms with van der Waals surface area (Å²) in [7, 11) is 1.67. The lowest BCUT2D eigenvalue weighted by Crippen LogP contribution is -2.09. The molecule has 1 rings (SSSR count). The van der Waals surface area contributed by atoms with Crippen molar-refractivity contribution < 1.29 is 4.74 Å². The van der Waals surface area contributed by atoms with Gasteiger partial charge in [-0.2, -0.15) is 0 Å². The van der Waals surface area contributed by atoms with E-state index in [0.29, 0.717) is 12.5 Å². The van der Waals surface area contributed by atoms with Gasteiger partial charge in [-0.3, -0.25) is 0 Å². The molecular formula is C12H18ClNO. The Morgan fingerprint density at radius 1 is 1.47 bits per heavy atom. The van der Waals surface area contributed by atoms with Crippen LogP contribution in [-0.2, 0) is 6.42 Å². The standard InChI is InChI=1S/C12H18ClNO/c1-4-10-11(13)5-9(8(2)7-14)6-12(10)15-3/h5-6,8H,4,7,14H2,1-3H3. The molecule has 0 heterocycles. The van der Waals surface area contributed by atoms with Crippen molar-refractivity contribution >= 4 is 11.6 Å². The summed E-state index contributed by atoms with van der Waals surface area (Å²) in [4.78, 5) is 0. The molecule has 0 bridgehead atoms. The van der Waals surface area contributed by atoms with Crippen LogP contribution in [0.3, 0.4) is 0 Å². The second kappa shape index (κ2) is 5.38. The minimum absolute atomic E-state index is 0.308. The first-order valence-electron chi connectivity index (χ1n) is 5.20. The first-order valence-corrected chi connectivity index (χ1v) is 5.58. The molecule has 15 heavy (non-hydrogen) atoms. The van der Waals surface area contributed by atoms with Crippen molar-refractivity contribution in [3.05, 3.63) is 28.3 Å². The molecule has 0 saturated heterocycles. The molecule has 0 amide bonds. The lowest BCUT2D eigenvalue weighted by molar-refractivity contribution is 0.409. The van der Waals surface area contributed by atoms with Crippen molar-refractivity contribution in [1.82, 2.24) is 0 Å². The summed E-state index contributed by atoms with van der Waals surface area (Å²) in [5.74, 6) is 1.17. The quantitative estimate of drug-likeness (QED) is 0.859. The van der Waals surface area contributed by atoms with E-state index in [4.69, 9.17) is 22.1 Å². The van der Waals surface area contributed by atoms with Crippen molar-refractivity contribution in [3.63, 3.8) is 0 Å². The van der Waals surface area contributed by atoms with Crippen LogP contribution < -0.4 is 10.5 Å². The lowest BCUT2D eigenvalue weighted by atomic mass is 9.98. The van der Waals surface area contributed by atoms with Gasteiger partial charge < -0.3 is 10.5 Å². The Morgan fingerprint density at radius 2 is 2.13 bits per heavy atom. The van der Waals surface area contributed by atoms with Crippen LogP contribution in [0, 0.1) is 0 Å². The minimum Gasteiger partial charge on any atom is -0.496 e. The fourth-order valence-electron chi connectivity index (χ4n) is 1.58. The third-order valence-electron chi connectivity index (χ3n) is 2.67. The molecular weight excluding hydrogens is 210 g/mol. The highest BCUT2D eigenvalue weighted by molar-refractivity contribution is 6.31. The van der Waals surface area contributed by atoms with Gasteiger partial charge in [0.25, 0.3) is 0 Å². The largest absolute Gasteiger partial charge is 0.496 e. The van der Waals surface area contributed by atoms with E-state index < -0.39 is 0 Å². The normalized spacial score (nSPS) is 12.6. The number of benzene rings is 1. The van der Waals surface area contributed by atoms with Gasteiger partial charge in [0.2, 0.25) is 0 Å². The zero-order chi connectivity index (χ0) is 11.4. The Labute approximate surface area is 96.4 Å². The molecule has 0 aliphatic heterocycles. The van der Waals surface area contributed by atoms with E-state index in [9.17, 15) is 0 Å². The Morgan fingerprint density at radius 3 is 2.60 bits per heavy atom. The average molecular weight is 228 g/mol. The van der Waals surface area contributed by atoms with Crippen LogP contribution in [0.5, 0.6) is 5.75 Å². The van der Waals surface area contributed by atoms with Crippen molar-refractivity contribution in [2.24, 2.45) is 5.73 Å². The summed E-state index contributed by atoms with van der Waals surface area (Å²) in [5, 5.41) is 0.771. The second-order valence-electron chi connectivity index (χ2n) is 3.67. The van der Waals surface area contributed by atoms with Crippen LogP contribution in [0.4, 0.5) is 0 Å². The molecule has 1 unspecified atom stereocenters. The molecule has 0 spiro atoms. The van der Waals surface area contributed by atoms with Gasteiger partial charge in [-0.1, -0.05) is 25.4 Å². The molecule has 0 fully saturated rings. The van der Waals surface area contributed by atoms with E-state index >= 15 is 0 Å².